The smallest absolute Gasteiger partial charge is 0.0978 e. The molecule has 0 spiro atoms. The number of nitrogens with zero attached hydrogens (tertiary/aromatic N) is 8. The van der Waals surface area contributed by atoms with Crippen molar-refractivity contribution in [3.63, 3.8) is 0 Å². The second-order valence-corrected chi connectivity index (χ2v) is 35.6. The van der Waals surface area contributed by atoms with Gasteiger partial charge in [-0.2, -0.15) is 0 Å². The average Bonchev–Trinajstić information content (AvgIpc) is 0.737. The number of hydrogen-bond acceptors (Lipinski definition) is 8. The maximum atomic E-state index is 5.45. The lowest BCUT2D eigenvalue weighted by atomic mass is 9.93. The third-order valence-electron chi connectivity index (χ3n) is 27.1. The molecular formula is C132H88N8. The highest BCUT2D eigenvalue weighted by molar-refractivity contribution is 6.19. The molecule has 0 fully saturated rings. The summed E-state index contributed by atoms with van der Waals surface area (Å²) in [6.45, 7) is 0. The summed E-state index contributed by atoms with van der Waals surface area (Å²) in [5.74, 6) is 0. The Morgan fingerprint density at radius 1 is 0.129 bits per heavy atom. The van der Waals surface area contributed by atoms with E-state index in [0.29, 0.717) is 0 Å². The average molecular weight is 1790 g/mol. The maximum absolute atomic E-state index is 5.45. The first-order valence-corrected chi connectivity index (χ1v) is 47.6. The van der Waals surface area contributed by atoms with Gasteiger partial charge in [0, 0.05) is 123 Å². The highest BCUT2D eigenvalue weighted by Crippen LogP contribution is 2.48. The number of para-hydroxylation sites is 6. The van der Waals surface area contributed by atoms with Crippen LogP contribution in [0.2, 0.25) is 0 Å². The maximum Gasteiger partial charge on any atom is 0.0978 e. The zero-order valence-electron chi connectivity index (χ0n) is 76.4. The van der Waals surface area contributed by atoms with Gasteiger partial charge < -0.3 is 19.6 Å². The van der Waals surface area contributed by atoms with Crippen LogP contribution in [0.15, 0.2) is 534 Å². The molecule has 0 radical (unpaired) electrons. The Morgan fingerprint density at radius 3 is 0.843 bits per heavy atom. The fourth-order valence-electron chi connectivity index (χ4n) is 20.4. The molecule has 0 aliphatic carbocycles. The Labute approximate surface area is 811 Å². The molecule has 4 aromatic heterocycles. The van der Waals surface area contributed by atoms with Crippen LogP contribution in [0, 0.1) is 0 Å². The molecule has 4 heterocycles. The Morgan fingerprint density at radius 2 is 0.407 bits per heavy atom. The molecule has 140 heavy (non-hydrogen) atoms. The molecule has 0 unspecified atom stereocenters. The predicted octanol–water partition coefficient (Wildman–Crippen LogP) is 36.4. The van der Waals surface area contributed by atoms with E-state index in [4.69, 9.17) is 19.9 Å². The number of pyridine rings is 4. The van der Waals surface area contributed by atoms with Crippen molar-refractivity contribution in [3.05, 3.63) is 534 Å². The third-order valence-corrected chi connectivity index (χ3v) is 27.1. The van der Waals surface area contributed by atoms with E-state index in [1.807, 2.05) is 0 Å². The van der Waals surface area contributed by atoms with Gasteiger partial charge in [-0.05, 0) is 258 Å². The van der Waals surface area contributed by atoms with Crippen LogP contribution in [0.4, 0.5) is 68.2 Å². The molecule has 0 atom stereocenters. The van der Waals surface area contributed by atoms with Gasteiger partial charge in [0.05, 0.1) is 44.5 Å². The van der Waals surface area contributed by atoms with Gasteiger partial charge in [0.25, 0.3) is 0 Å². The molecule has 0 bridgehead atoms. The second kappa shape index (κ2) is 36.2. The van der Waals surface area contributed by atoms with Crippen LogP contribution in [-0.4, -0.2) is 19.9 Å². The van der Waals surface area contributed by atoms with Gasteiger partial charge in [0.2, 0.25) is 0 Å². The van der Waals surface area contributed by atoms with Gasteiger partial charge in [-0.3, -0.25) is 0 Å². The fourth-order valence-corrected chi connectivity index (χ4v) is 20.4. The van der Waals surface area contributed by atoms with Crippen LogP contribution in [0.5, 0.6) is 0 Å². The molecule has 0 saturated heterocycles. The molecule has 0 amide bonds. The summed E-state index contributed by atoms with van der Waals surface area (Å²) in [6.07, 6.45) is 0. The SMILES string of the molecule is c1ccc(-c2c3ccccc3nc3c2ccc2ccc(-c4ccc(-c5ccc(N(c6ccc(N(c7ccccc7)c7ccccc7)cc6)c6ccc7ccccc7c6)cc5)c5ccccc45)nc23)cc1.c1ccc(-c2c3ccccc3nc3c2ccc2ccc(-c4ccc5cc(-c6ccc(N(c7ccc(N(c8ccccc8)c8ccccc8)cc7)c7ccc8ccccc8c7)cc6)ccc5c4)nc23)cc1. The fraction of sp³-hybridized carbons (Fsp3) is 0. The Bertz CT molecular complexity index is 9080. The van der Waals surface area contributed by atoms with Gasteiger partial charge in [0.1, 0.15) is 0 Å². The molecule has 22 aromatic carbocycles. The third kappa shape index (κ3) is 15.8. The molecule has 0 aliphatic rings. The van der Waals surface area contributed by atoms with E-state index < -0.39 is 0 Å². The summed E-state index contributed by atoms with van der Waals surface area (Å²) in [5, 5.41) is 16.1. The van der Waals surface area contributed by atoms with Gasteiger partial charge in [-0.25, -0.2) is 19.9 Å². The second-order valence-electron chi connectivity index (χ2n) is 35.6. The van der Waals surface area contributed by atoms with E-state index in [9.17, 15) is 0 Å². The van der Waals surface area contributed by atoms with E-state index >= 15 is 0 Å². The van der Waals surface area contributed by atoms with Gasteiger partial charge in [0.15, 0.2) is 0 Å². The first kappa shape index (κ1) is 83.1. The van der Waals surface area contributed by atoms with Crippen LogP contribution in [-0.2, 0) is 0 Å². The van der Waals surface area contributed by atoms with Gasteiger partial charge >= 0.3 is 0 Å². The van der Waals surface area contributed by atoms with Crippen LogP contribution in [0.3, 0.4) is 0 Å². The van der Waals surface area contributed by atoms with Crippen LogP contribution in [0.1, 0.15) is 0 Å². The quantitative estimate of drug-likeness (QED) is 0.0622. The number of aromatic nitrogens is 4. The van der Waals surface area contributed by atoms with E-state index in [1.54, 1.807) is 0 Å². The molecule has 0 N–H and O–H groups in total. The van der Waals surface area contributed by atoms with Crippen molar-refractivity contribution in [3.8, 4) is 67.0 Å². The summed E-state index contributed by atoms with van der Waals surface area (Å²) in [5.41, 5.74) is 32.0. The molecule has 8 nitrogen and oxygen atoms in total. The summed E-state index contributed by atoms with van der Waals surface area (Å²) < 4.78 is 0. The highest BCUT2D eigenvalue weighted by Gasteiger charge is 2.24. The lowest BCUT2D eigenvalue weighted by molar-refractivity contribution is 1.26. The summed E-state index contributed by atoms with van der Waals surface area (Å²) >= 11 is 0. The van der Waals surface area contributed by atoms with Crippen molar-refractivity contribution in [2.45, 2.75) is 0 Å². The lowest BCUT2D eigenvalue weighted by Gasteiger charge is -2.28. The molecule has 0 saturated carbocycles. The Balaban J connectivity index is 0.000000148. The largest absolute Gasteiger partial charge is 0.311 e. The monoisotopic (exact) mass is 1780 g/mol. The highest BCUT2D eigenvalue weighted by atomic mass is 15.2. The van der Waals surface area contributed by atoms with Crippen LogP contribution in [0.25, 0.3) is 176 Å². The van der Waals surface area contributed by atoms with E-state index in [1.165, 1.54) is 60.1 Å². The van der Waals surface area contributed by atoms with E-state index in [2.05, 4.69) is 553 Å². The van der Waals surface area contributed by atoms with Crippen molar-refractivity contribution < 1.29 is 0 Å². The van der Waals surface area contributed by atoms with E-state index in [-0.39, 0.29) is 0 Å². The molecule has 656 valence electrons. The van der Waals surface area contributed by atoms with Gasteiger partial charge in [-0.15, -0.1) is 0 Å². The minimum absolute atomic E-state index is 0.900. The molecule has 26 rings (SSSR count). The normalized spacial score (nSPS) is 11.4. The Hall–Kier alpha value is -18.8. The summed E-state index contributed by atoms with van der Waals surface area (Å²) in [4.78, 5) is 30.6. The lowest BCUT2D eigenvalue weighted by Crippen LogP contribution is -2.12. The molecule has 26 aromatic rings. The first-order chi connectivity index (χ1) is 69.4. The van der Waals surface area contributed by atoms with Crippen molar-refractivity contribution in [2.75, 3.05) is 19.6 Å². The van der Waals surface area contributed by atoms with Crippen molar-refractivity contribution >= 4 is 177 Å². The zero-order valence-corrected chi connectivity index (χ0v) is 76.4. The molecule has 0 aliphatic heterocycles. The summed E-state index contributed by atoms with van der Waals surface area (Å²) in [7, 11) is 0. The predicted molar refractivity (Wildman–Crippen MR) is 590 cm³/mol. The van der Waals surface area contributed by atoms with Crippen molar-refractivity contribution in [1.82, 2.24) is 19.9 Å². The number of rotatable bonds is 18. The van der Waals surface area contributed by atoms with Crippen molar-refractivity contribution in [2.24, 2.45) is 0 Å². The molecule has 8 heteroatoms. The zero-order chi connectivity index (χ0) is 92.8. The van der Waals surface area contributed by atoms with Crippen LogP contribution >= 0.6 is 0 Å². The molecular weight excluding hydrogens is 1700 g/mol. The topological polar surface area (TPSA) is 64.5 Å². The first-order valence-electron chi connectivity index (χ1n) is 47.6. The number of hydrogen-bond donors (Lipinski definition) is 0. The standard InChI is InChI=1S/2C66H44N4/c1-4-17-47(18-5-1)64-60-26-14-15-27-62(60)68-66-61(64)40-31-48-32-43-63(67-65(48)66)59-42-41-56(57-24-12-13-25-58(57)59)46-29-33-52(34-30-46)70(55-35-28-45-16-10-11-19-49(45)44-55)54-38-36-53(37-39-54)69(50-20-6-2-7-21-50)51-22-8-3-9-23-51;1-4-15-47(16-5-1)64-60-22-12-13-23-63(60)68-66-61(64)40-31-48-32-41-62(67-65(48)66)53-27-26-51-42-50(24-25-52(51)43-53)46-28-33-56(34-29-46)70(59-35-30-45-14-10-11-17-49(45)44-59)58-38-36-57(37-39-58)69(54-18-6-2-7-19-54)55-20-8-3-9-21-55/h2*1-44H. The van der Waals surface area contributed by atoms with Crippen molar-refractivity contribution in [1.29, 1.82) is 0 Å². The van der Waals surface area contributed by atoms with Crippen LogP contribution < -0.4 is 19.6 Å². The van der Waals surface area contributed by atoms with E-state index in [0.717, 1.165) is 184 Å². The minimum Gasteiger partial charge on any atom is -0.311 e. The summed E-state index contributed by atoms with van der Waals surface area (Å²) in [6, 6.07) is 191. The number of anilines is 12. The minimum atomic E-state index is 0.900. The number of benzene rings is 22. The van der Waals surface area contributed by atoms with Gasteiger partial charge in [-0.1, -0.05) is 352 Å². The number of fused-ring (bicyclic) bond motifs is 12. The Kier molecular flexibility index (Phi) is 21.5.